The number of rotatable bonds is 6. The van der Waals surface area contributed by atoms with Gasteiger partial charge in [-0.2, -0.15) is 0 Å². The van der Waals surface area contributed by atoms with Crippen LogP contribution in [0.25, 0.3) is 75.5 Å². The summed E-state index contributed by atoms with van der Waals surface area (Å²) >= 11 is 3.53. The highest BCUT2D eigenvalue weighted by Crippen LogP contribution is 2.49. The number of hydrogen-bond donors (Lipinski definition) is 0. The minimum atomic E-state index is -0.443. The van der Waals surface area contributed by atoms with Crippen molar-refractivity contribution >= 4 is 53.6 Å². The fraction of sp³-hybridized carbons (Fsp3) is 0.160. The summed E-state index contributed by atoms with van der Waals surface area (Å²) in [6, 6.07) is 44.0. The van der Waals surface area contributed by atoms with E-state index in [0.29, 0.717) is 0 Å². The molecule has 8 bridgehead atoms. The molecular formula is C50H42N2O2S2. The lowest BCUT2D eigenvalue weighted by Crippen LogP contribution is -2.11. The first-order chi connectivity index (χ1) is 27.3. The first-order valence-electron chi connectivity index (χ1n) is 18.9. The average molecular weight is 767 g/mol. The largest absolute Gasteiger partial charge is 0.372 e. The van der Waals surface area contributed by atoms with Crippen LogP contribution in [0.3, 0.4) is 0 Å². The Morgan fingerprint density at radius 3 is 0.964 bits per heavy atom. The zero-order valence-electron chi connectivity index (χ0n) is 32.4. The van der Waals surface area contributed by atoms with Crippen LogP contribution in [0.5, 0.6) is 0 Å². The summed E-state index contributed by atoms with van der Waals surface area (Å²) in [6.45, 7) is 8.51. The molecular weight excluding hydrogens is 725 g/mol. The normalized spacial score (nSPS) is 15.0. The molecule has 0 aliphatic carbocycles. The molecule has 0 amide bonds. The van der Waals surface area contributed by atoms with Crippen molar-refractivity contribution in [2.24, 2.45) is 0 Å². The molecule has 0 N–H and O–H groups in total. The maximum atomic E-state index is 6.42. The van der Waals surface area contributed by atoms with Gasteiger partial charge in [-0.15, -0.1) is 22.7 Å². The van der Waals surface area contributed by atoms with Gasteiger partial charge in [0.25, 0.3) is 0 Å². The average Bonchev–Trinajstić information content (AvgIpc) is 4.04. The van der Waals surface area contributed by atoms with Crippen molar-refractivity contribution in [1.29, 1.82) is 0 Å². The Morgan fingerprint density at radius 1 is 0.375 bits per heavy atom. The first kappa shape index (κ1) is 36.2. The quantitative estimate of drug-likeness (QED) is 0.169. The molecule has 0 saturated heterocycles. The Balaban J connectivity index is 1.51. The number of methoxy groups -OCH3 is 2. The molecule has 276 valence electrons. The molecule has 7 aromatic rings. The van der Waals surface area contributed by atoms with Crippen LogP contribution in [0.1, 0.15) is 57.2 Å². The molecule has 2 atom stereocenters. The second-order valence-electron chi connectivity index (χ2n) is 14.7. The van der Waals surface area contributed by atoms with Gasteiger partial charge in [0, 0.05) is 55.3 Å². The van der Waals surface area contributed by atoms with Gasteiger partial charge in [0.2, 0.25) is 0 Å². The number of hydrogen-bond acceptors (Lipinski definition) is 6. The van der Waals surface area contributed by atoms with Crippen molar-refractivity contribution < 1.29 is 9.47 Å². The number of aromatic nitrogens is 2. The summed E-state index contributed by atoms with van der Waals surface area (Å²) in [6.07, 6.45) is 3.49. The van der Waals surface area contributed by atoms with E-state index in [9.17, 15) is 0 Å². The highest BCUT2D eigenvalue weighted by Gasteiger charge is 2.37. The van der Waals surface area contributed by atoms with Gasteiger partial charge in [0.15, 0.2) is 0 Å². The number of nitrogens with zero attached hydrogens (tertiary/aromatic N) is 2. The van der Waals surface area contributed by atoms with E-state index in [1.54, 1.807) is 36.9 Å². The third kappa shape index (κ3) is 6.53. The van der Waals surface area contributed by atoms with E-state index in [0.717, 1.165) is 86.1 Å². The van der Waals surface area contributed by atoms with Crippen LogP contribution in [-0.4, -0.2) is 24.2 Å². The molecule has 0 unspecified atom stereocenters. The highest BCUT2D eigenvalue weighted by molar-refractivity contribution is 7.24. The van der Waals surface area contributed by atoms with E-state index in [1.807, 2.05) is 0 Å². The number of aryl methyl sites for hydroxylation is 4. The molecule has 4 aromatic carbocycles. The van der Waals surface area contributed by atoms with Crippen molar-refractivity contribution in [3.63, 3.8) is 0 Å². The van der Waals surface area contributed by atoms with E-state index < -0.39 is 12.2 Å². The molecule has 5 heterocycles. The topological polar surface area (TPSA) is 44.2 Å². The number of benzene rings is 4. The molecule has 0 spiro atoms. The van der Waals surface area contributed by atoms with Gasteiger partial charge in [0.1, 0.15) is 12.2 Å². The van der Waals surface area contributed by atoms with E-state index in [4.69, 9.17) is 19.4 Å². The van der Waals surface area contributed by atoms with Gasteiger partial charge >= 0.3 is 0 Å². The van der Waals surface area contributed by atoms with Crippen LogP contribution in [0.4, 0.5) is 0 Å². The van der Waals surface area contributed by atoms with Crippen LogP contribution in [0.2, 0.25) is 0 Å². The zero-order valence-corrected chi connectivity index (χ0v) is 34.0. The molecule has 9 rings (SSSR count). The van der Waals surface area contributed by atoms with Crippen LogP contribution in [0, 0.1) is 27.7 Å². The lowest BCUT2D eigenvalue weighted by molar-refractivity contribution is -0.0325. The molecule has 2 aliphatic rings. The highest BCUT2D eigenvalue weighted by atomic mass is 32.1. The molecule has 0 radical (unpaired) electrons. The van der Waals surface area contributed by atoms with E-state index in [1.165, 1.54) is 22.3 Å². The fourth-order valence-electron chi connectivity index (χ4n) is 7.81. The Labute approximate surface area is 336 Å². The first-order valence-corrected chi connectivity index (χ1v) is 20.6. The SMILES string of the molecule is CO[C@@H]1c2nc(c(-c3ccc(C)cc3)c3ccc(s3)c(-c3ccc(C)cc3)c3nc(c(-c4ccc(C)cc4)c4ccc(s4)c2-c2ccc(C)cc2)C=C3)[C@@H]1OC. The summed E-state index contributed by atoms with van der Waals surface area (Å²) in [5, 5.41) is 0. The van der Waals surface area contributed by atoms with Crippen LogP contribution >= 0.6 is 22.7 Å². The maximum Gasteiger partial charge on any atom is 0.131 e. The van der Waals surface area contributed by atoms with E-state index in [-0.39, 0.29) is 0 Å². The standard InChI is InChI=1S/C50H42N2O2S2/c1-29-7-15-33(16-8-29)43-37-23-24-38(51-37)44(34-17-9-30(2)10-18-34)40-26-28-42(56-40)46(36-21-13-32(4)14-22-36)48-50(54-6)49(53-5)47(52-48)45(41-27-25-39(43)55-41)35-19-11-31(3)12-20-35/h7-28,49-50H,1-6H3/t49-,50+. The van der Waals surface area contributed by atoms with Crippen LogP contribution in [-0.2, 0) is 9.47 Å². The smallest absolute Gasteiger partial charge is 0.131 e. The van der Waals surface area contributed by atoms with Gasteiger partial charge in [-0.3, -0.25) is 4.98 Å². The maximum absolute atomic E-state index is 6.42. The Bertz CT molecular complexity index is 2610. The Hall–Kier alpha value is -5.50. The van der Waals surface area contributed by atoms with Gasteiger partial charge in [-0.25, -0.2) is 4.98 Å². The lowest BCUT2D eigenvalue weighted by Gasteiger charge is -2.20. The van der Waals surface area contributed by atoms with Crippen molar-refractivity contribution in [3.05, 3.63) is 166 Å². The summed E-state index contributed by atoms with van der Waals surface area (Å²) in [7, 11) is 3.53. The second-order valence-corrected chi connectivity index (χ2v) is 16.9. The predicted octanol–water partition coefficient (Wildman–Crippen LogP) is 13.9. The van der Waals surface area contributed by atoms with Gasteiger partial charge in [-0.05, 0) is 86.4 Å². The molecule has 56 heavy (non-hydrogen) atoms. The third-order valence-electron chi connectivity index (χ3n) is 10.8. The summed E-state index contributed by atoms with van der Waals surface area (Å²) in [4.78, 5) is 11.1. The Kier molecular flexibility index (Phi) is 9.60. The van der Waals surface area contributed by atoms with E-state index >= 15 is 0 Å². The lowest BCUT2D eigenvalue weighted by atomic mass is 9.97. The zero-order chi connectivity index (χ0) is 38.5. The Morgan fingerprint density at radius 2 is 0.661 bits per heavy atom. The van der Waals surface area contributed by atoms with E-state index in [2.05, 4.69) is 161 Å². The third-order valence-corrected chi connectivity index (χ3v) is 13.0. The second kappa shape index (κ2) is 14.9. The van der Waals surface area contributed by atoms with Crippen LogP contribution in [0.15, 0.2) is 121 Å². The number of fused-ring (bicyclic) bond motifs is 8. The molecule has 4 nitrogen and oxygen atoms in total. The minimum Gasteiger partial charge on any atom is -0.372 e. The predicted molar refractivity (Wildman–Crippen MR) is 237 cm³/mol. The van der Waals surface area contributed by atoms with Crippen molar-refractivity contribution in [2.45, 2.75) is 39.9 Å². The monoisotopic (exact) mass is 766 g/mol. The molecule has 0 fully saturated rings. The number of ether oxygens (including phenoxy) is 2. The van der Waals surface area contributed by atoms with Gasteiger partial charge < -0.3 is 9.47 Å². The molecule has 3 aromatic heterocycles. The summed E-state index contributed by atoms with van der Waals surface area (Å²) < 4.78 is 17.3. The van der Waals surface area contributed by atoms with Crippen molar-refractivity contribution in [2.75, 3.05) is 14.2 Å². The molecule has 2 aliphatic heterocycles. The van der Waals surface area contributed by atoms with Crippen molar-refractivity contribution in [1.82, 2.24) is 9.97 Å². The minimum absolute atomic E-state index is 0.443. The van der Waals surface area contributed by atoms with Crippen LogP contribution < -0.4 is 0 Å². The molecule has 6 heteroatoms. The summed E-state index contributed by atoms with van der Waals surface area (Å²) in [5.41, 5.74) is 17.2. The van der Waals surface area contributed by atoms with Crippen molar-refractivity contribution in [3.8, 4) is 44.5 Å². The van der Waals surface area contributed by atoms with Gasteiger partial charge in [0.05, 0.1) is 22.8 Å². The molecule has 0 saturated carbocycles. The summed E-state index contributed by atoms with van der Waals surface area (Å²) in [5.74, 6) is 0. The van der Waals surface area contributed by atoms with Gasteiger partial charge in [-0.1, -0.05) is 119 Å². The number of thiophene rings is 2. The fourth-order valence-corrected chi connectivity index (χ4v) is 10.1.